The van der Waals surface area contributed by atoms with Crippen LogP contribution in [0.2, 0.25) is 0 Å². The number of nitrogens with zero attached hydrogens (tertiary/aromatic N) is 1. The molecule has 1 aromatic heterocycles. The van der Waals surface area contributed by atoms with Gasteiger partial charge in [0.15, 0.2) is 11.5 Å². The fourth-order valence-corrected chi connectivity index (χ4v) is 3.29. The van der Waals surface area contributed by atoms with E-state index >= 15 is 0 Å². The highest BCUT2D eigenvalue weighted by atomic mass is 32.1. The van der Waals surface area contributed by atoms with Crippen molar-refractivity contribution in [3.05, 3.63) is 47.3 Å². The maximum absolute atomic E-state index is 5.55. The second-order valence-corrected chi connectivity index (χ2v) is 5.98. The molecule has 0 N–H and O–H groups in total. The highest BCUT2D eigenvalue weighted by Gasteiger charge is 2.18. The van der Waals surface area contributed by atoms with Gasteiger partial charge in [-0.1, -0.05) is 29.8 Å². The Labute approximate surface area is 145 Å². The number of hydrogen-bond donors (Lipinski definition) is 0. The first kappa shape index (κ1) is 16.3. The Bertz CT molecular complexity index is 840. The fraction of sp³-hybridized carbons (Fsp3) is 0.211. The Morgan fingerprint density at radius 2 is 1.42 bits per heavy atom. The summed E-state index contributed by atoms with van der Waals surface area (Å²) in [4.78, 5) is 0. The Morgan fingerprint density at radius 3 is 2.04 bits per heavy atom. The molecule has 124 valence electrons. The number of hydrogen-bond acceptors (Lipinski definition) is 5. The van der Waals surface area contributed by atoms with Gasteiger partial charge in [-0.25, -0.2) is 0 Å². The summed E-state index contributed by atoms with van der Waals surface area (Å²) in [6, 6.07) is 12.1. The molecule has 0 aliphatic carbocycles. The second-order valence-electron chi connectivity index (χ2n) is 5.35. The number of aromatic nitrogens is 1. The number of rotatable bonds is 5. The van der Waals surface area contributed by atoms with Crippen LogP contribution in [0, 0.1) is 6.92 Å². The van der Waals surface area contributed by atoms with Crippen molar-refractivity contribution in [3.63, 3.8) is 0 Å². The van der Waals surface area contributed by atoms with E-state index in [1.54, 1.807) is 21.3 Å². The lowest BCUT2D eigenvalue weighted by Crippen LogP contribution is -1.95. The van der Waals surface area contributed by atoms with Crippen molar-refractivity contribution in [2.45, 2.75) is 6.92 Å². The standard InChI is InChI=1S/C19H19NO3S/c1-12-5-7-13(8-6-12)15-11-24-20-19(15)14-9-17(22-3)18(23-4)10-16(14)21-2/h5-11H,1-4H3. The molecule has 0 fully saturated rings. The molecule has 0 aliphatic rings. The third-order valence-corrected chi connectivity index (χ3v) is 4.52. The lowest BCUT2D eigenvalue weighted by Gasteiger charge is -2.14. The van der Waals surface area contributed by atoms with Crippen LogP contribution in [-0.2, 0) is 0 Å². The molecule has 0 radical (unpaired) electrons. The lowest BCUT2D eigenvalue weighted by molar-refractivity contribution is 0.349. The number of methoxy groups -OCH3 is 3. The smallest absolute Gasteiger partial charge is 0.164 e. The van der Waals surface area contributed by atoms with Gasteiger partial charge in [0.1, 0.15) is 5.75 Å². The largest absolute Gasteiger partial charge is 0.496 e. The maximum atomic E-state index is 5.55. The lowest BCUT2D eigenvalue weighted by atomic mass is 10.00. The van der Waals surface area contributed by atoms with Gasteiger partial charge in [0.05, 0.1) is 27.0 Å². The van der Waals surface area contributed by atoms with E-state index in [0.29, 0.717) is 17.2 Å². The van der Waals surface area contributed by atoms with Crippen LogP contribution in [0.3, 0.4) is 0 Å². The van der Waals surface area contributed by atoms with Gasteiger partial charge < -0.3 is 14.2 Å². The minimum atomic E-state index is 0.630. The summed E-state index contributed by atoms with van der Waals surface area (Å²) in [7, 11) is 4.87. The van der Waals surface area contributed by atoms with Crippen LogP contribution in [0.4, 0.5) is 0 Å². The summed E-state index contributed by atoms with van der Waals surface area (Å²) in [6.07, 6.45) is 0. The molecular weight excluding hydrogens is 322 g/mol. The quantitative estimate of drug-likeness (QED) is 0.668. The van der Waals surface area contributed by atoms with Crippen LogP contribution >= 0.6 is 11.5 Å². The molecule has 0 bridgehead atoms. The van der Waals surface area contributed by atoms with E-state index in [2.05, 4.69) is 40.9 Å². The zero-order chi connectivity index (χ0) is 17.1. The molecule has 0 saturated carbocycles. The molecule has 24 heavy (non-hydrogen) atoms. The summed E-state index contributed by atoms with van der Waals surface area (Å²) >= 11 is 1.43. The van der Waals surface area contributed by atoms with E-state index in [4.69, 9.17) is 14.2 Å². The van der Waals surface area contributed by atoms with Gasteiger partial charge in [-0.15, -0.1) is 0 Å². The minimum Gasteiger partial charge on any atom is -0.496 e. The Kier molecular flexibility index (Phi) is 4.71. The van der Waals surface area contributed by atoms with Gasteiger partial charge in [-0.3, -0.25) is 0 Å². The molecular formula is C19H19NO3S. The van der Waals surface area contributed by atoms with Crippen molar-refractivity contribution < 1.29 is 14.2 Å². The van der Waals surface area contributed by atoms with Crippen LogP contribution in [0.5, 0.6) is 17.2 Å². The normalized spacial score (nSPS) is 10.5. The molecule has 0 spiro atoms. The summed E-state index contributed by atoms with van der Waals surface area (Å²) < 4.78 is 20.9. The first-order chi connectivity index (χ1) is 11.7. The summed E-state index contributed by atoms with van der Waals surface area (Å²) in [5.74, 6) is 1.98. The number of benzene rings is 2. The van der Waals surface area contributed by atoms with Crippen molar-refractivity contribution in [1.82, 2.24) is 4.37 Å². The third-order valence-electron chi connectivity index (χ3n) is 3.89. The second kappa shape index (κ2) is 6.93. The van der Waals surface area contributed by atoms with Crippen LogP contribution < -0.4 is 14.2 Å². The molecule has 0 aliphatic heterocycles. The highest BCUT2D eigenvalue weighted by molar-refractivity contribution is 7.04. The van der Waals surface area contributed by atoms with E-state index in [1.807, 2.05) is 12.1 Å². The molecule has 0 amide bonds. The van der Waals surface area contributed by atoms with Crippen molar-refractivity contribution >= 4 is 11.5 Å². The van der Waals surface area contributed by atoms with Gasteiger partial charge >= 0.3 is 0 Å². The topological polar surface area (TPSA) is 40.6 Å². The predicted octanol–water partition coefficient (Wildman–Crippen LogP) is 4.81. The summed E-state index contributed by atoms with van der Waals surface area (Å²) in [5.41, 5.74) is 5.19. The molecule has 3 aromatic rings. The molecule has 0 unspecified atom stereocenters. The zero-order valence-corrected chi connectivity index (χ0v) is 14.9. The molecule has 0 atom stereocenters. The Morgan fingerprint density at radius 1 is 0.792 bits per heavy atom. The fourth-order valence-electron chi connectivity index (χ4n) is 2.58. The number of aryl methyl sites for hydroxylation is 1. The molecule has 1 heterocycles. The van der Waals surface area contributed by atoms with Crippen LogP contribution in [0.15, 0.2) is 41.8 Å². The van der Waals surface area contributed by atoms with Crippen LogP contribution in [-0.4, -0.2) is 25.7 Å². The van der Waals surface area contributed by atoms with Gasteiger partial charge in [-0.05, 0) is 30.1 Å². The molecule has 2 aromatic carbocycles. The van der Waals surface area contributed by atoms with E-state index in [0.717, 1.165) is 22.4 Å². The Hall–Kier alpha value is -2.53. The Balaban J connectivity index is 2.16. The average molecular weight is 341 g/mol. The molecule has 5 heteroatoms. The molecule has 3 rings (SSSR count). The van der Waals surface area contributed by atoms with Gasteiger partial charge in [-0.2, -0.15) is 4.37 Å². The first-order valence-electron chi connectivity index (χ1n) is 7.49. The zero-order valence-electron chi connectivity index (χ0n) is 14.1. The van der Waals surface area contributed by atoms with Crippen LogP contribution in [0.25, 0.3) is 22.4 Å². The van der Waals surface area contributed by atoms with Crippen molar-refractivity contribution in [2.75, 3.05) is 21.3 Å². The minimum absolute atomic E-state index is 0.630. The maximum Gasteiger partial charge on any atom is 0.164 e. The van der Waals surface area contributed by atoms with E-state index in [9.17, 15) is 0 Å². The monoisotopic (exact) mass is 341 g/mol. The summed E-state index contributed by atoms with van der Waals surface area (Å²) in [6.45, 7) is 2.08. The first-order valence-corrected chi connectivity index (χ1v) is 8.33. The highest BCUT2D eigenvalue weighted by Crippen LogP contribution is 2.43. The van der Waals surface area contributed by atoms with Gasteiger partial charge in [0, 0.05) is 22.6 Å². The molecule has 4 nitrogen and oxygen atoms in total. The van der Waals surface area contributed by atoms with Crippen molar-refractivity contribution in [2.24, 2.45) is 0 Å². The van der Waals surface area contributed by atoms with E-state index in [1.165, 1.54) is 17.1 Å². The number of ether oxygens (including phenoxy) is 3. The third kappa shape index (κ3) is 2.95. The predicted molar refractivity (Wildman–Crippen MR) is 97.4 cm³/mol. The molecule has 0 saturated heterocycles. The van der Waals surface area contributed by atoms with Gasteiger partial charge in [0.2, 0.25) is 0 Å². The van der Waals surface area contributed by atoms with E-state index in [-0.39, 0.29) is 0 Å². The van der Waals surface area contributed by atoms with Crippen molar-refractivity contribution in [3.8, 4) is 39.6 Å². The van der Waals surface area contributed by atoms with E-state index < -0.39 is 0 Å². The van der Waals surface area contributed by atoms with Gasteiger partial charge in [0.25, 0.3) is 0 Å². The van der Waals surface area contributed by atoms with Crippen LogP contribution in [0.1, 0.15) is 5.56 Å². The van der Waals surface area contributed by atoms with Crippen molar-refractivity contribution in [1.29, 1.82) is 0 Å². The summed E-state index contributed by atoms with van der Waals surface area (Å²) in [5, 5.41) is 2.05. The average Bonchev–Trinajstić information content (AvgIpc) is 3.10. The SMILES string of the molecule is COc1cc(OC)c(-c2nscc2-c2ccc(C)cc2)cc1OC.